The Morgan fingerprint density at radius 1 is 0.930 bits per heavy atom. The minimum absolute atomic E-state index is 0.0836. The van der Waals surface area contributed by atoms with E-state index in [0.29, 0.717) is 51.5 Å². The highest BCUT2D eigenvalue weighted by atomic mass is 35.5. The molecule has 0 radical (unpaired) electrons. The van der Waals surface area contributed by atoms with Gasteiger partial charge in [0.2, 0.25) is 0 Å². The van der Waals surface area contributed by atoms with Gasteiger partial charge in [-0.1, -0.05) is 62.4 Å². The van der Waals surface area contributed by atoms with Crippen LogP contribution in [-0.2, 0) is 33.3 Å². The van der Waals surface area contributed by atoms with Crippen LogP contribution in [0, 0.1) is 0 Å². The SMILES string of the molecule is CCCCCCOC[C@@H]1CCCCN1C1CCN(C(=O)[C@@H](Cc2cc(Cl)c(N)c(C(F)(F)F)c2)OC(=O)N2CCC(N3CCc4ccccc4NC3=O)CC2)CC1. The molecule has 0 aromatic heterocycles. The Morgan fingerprint density at radius 2 is 1.65 bits per heavy atom. The molecule has 6 rings (SSSR count). The first-order valence-electron chi connectivity index (χ1n) is 20.8. The number of para-hydroxylation sites is 1. The molecule has 4 aliphatic rings. The standard InChI is InChI=1S/C42H58ClF3N6O5/c1-2-3-4-9-24-56-28-33-11-7-8-18-51(33)31-14-19-49(20-15-31)39(53)37(27-29-25-34(42(44,45)46)38(47)35(43)26-29)57-41(55)50-21-16-32(17-22-50)52-23-13-30-10-5-6-12-36(30)48-40(52)54/h5-6,10,12,25-26,31-33,37H,2-4,7-9,11,13-24,27-28,47H2,1H3,(H,48,54)/t33-,37+/m0/s1. The number of hydrogen-bond acceptors (Lipinski definition) is 7. The zero-order chi connectivity index (χ0) is 40.5. The van der Waals surface area contributed by atoms with Crippen LogP contribution >= 0.6 is 11.6 Å². The number of benzene rings is 2. The van der Waals surface area contributed by atoms with Crippen molar-refractivity contribution in [2.75, 3.05) is 63.5 Å². The quantitative estimate of drug-likeness (QED) is 0.155. The fourth-order valence-corrected chi connectivity index (χ4v) is 9.11. The van der Waals surface area contributed by atoms with E-state index in [9.17, 15) is 27.6 Å². The Balaban J connectivity index is 1.09. The van der Waals surface area contributed by atoms with Gasteiger partial charge in [-0.25, -0.2) is 9.59 Å². The number of carbonyl (C=O) groups is 3. The zero-order valence-electron chi connectivity index (χ0n) is 33.0. The van der Waals surface area contributed by atoms with Gasteiger partial charge in [-0.05, 0) is 87.2 Å². The number of unbranched alkanes of at least 4 members (excludes halogenated alkanes) is 3. The number of amides is 4. The predicted molar refractivity (Wildman–Crippen MR) is 214 cm³/mol. The number of hydrogen-bond donors (Lipinski definition) is 2. The Morgan fingerprint density at radius 3 is 2.39 bits per heavy atom. The van der Waals surface area contributed by atoms with Crippen LogP contribution in [0.4, 0.5) is 34.1 Å². The third-order valence-electron chi connectivity index (χ3n) is 12.1. The van der Waals surface area contributed by atoms with Crippen molar-refractivity contribution in [3.63, 3.8) is 0 Å². The number of nitrogen functional groups attached to an aromatic ring is 1. The van der Waals surface area contributed by atoms with Crippen LogP contribution in [0.1, 0.15) is 94.2 Å². The number of alkyl halides is 3. The first-order valence-corrected chi connectivity index (χ1v) is 21.2. The smallest absolute Gasteiger partial charge is 0.418 e. The molecule has 3 N–H and O–H groups in total. The average molecular weight is 819 g/mol. The lowest BCUT2D eigenvalue weighted by Gasteiger charge is -2.45. The van der Waals surface area contributed by atoms with E-state index < -0.39 is 35.5 Å². The molecule has 3 fully saturated rings. The lowest BCUT2D eigenvalue weighted by molar-refractivity contribution is -0.143. The lowest BCUT2D eigenvalue weighted by atomic mass is 9.95. The number of nitrogens with zero attached hydrogens (tertiary/aromatic N) is 4. The summed E-state index contributed by atoms with van der Waals surface area (Å²) >= 11 is 6.17. The fraction of sp³-hybridized carbons (Fsp3) is 0.643. The van der Waals surface area contributed by atoms with Crippen LogP contribution in [0.15, 0.2) is 36.4 Å². The Labute approximate surface area is 339 Å². The van der Waals surface area contributed by atoms with E-state index in [0.717, 1.165) is 69.0 Å². The van der Waals surface area contributed by atoms with Gasteiger partial charge in [-0.15, -0.1) is 0 Å². The lowest BCUT2D eigenvalue weighted by Crippen LogP contribution is -2.55. The summed E-state index contributed by atoms with van der Waals surface area (Å²) in [5, 5.41) is 2.71. The molecule has 2 aromatic rings. The molecule has 314 valence electrons. The number of fused-ring (bicyclic) bond motifs is 1. The molecule has 4 aliphatic heterocycles. The van der Waals surface area contributed by atoms with Gasteiger partial charge in [0.1, 0.15) is 0 Å². The van der Waals surface area contributed by atoms with Crippen molar-refractivity contribution in [2.24, 2.45) is 0 Å². The second kappa shape index (κ2) is 19.8. The molecule has 57 heavy (non-hydrogen) atoms. The van der Waals surface area contributed by atoms with E-state index in [2.05, 4.69) is 17.1 Å². The molecule has 0 bridgehead atoms. The second-order valence-corrected chi connectivity index (χ2v) is 16.3. The van der Waals surface area contributed by atoms with Crippen LogP contribution in [0.3, 0.4) is 0 Å². The summed E-state index contributed by atoms with van der Waals surface area (Å²) in [5.41, 5.74) is 5.94. The molecule has 0 aliphatic carbocycles. The molecule has 4 heterocycles. The van der Waals surface area contributed by atoms with Gasteiger partial charge in [-0.3, -0.25) is 9.69 Å². The highest BCUT2D eigenvalue weighted by molar-refractivity contribution is 6.33. The molecule has 0 unspecified atom stereocenters. The number of urea groups is 1. The highest BCUT2D eigenvalue weighted by Gasteiger charge is 2.39. The van der Waals surface area contributed by atoms with Crippen molar-refractivity contribution < 1.29 is 37.0 Å². The van der Waals surface area contributed by atoms with Gasteiger partial charge >= 0.3 is 18.3 Å². The summed E-state index contributed by atoms with van der Waals surface area (Å²) in [6.07, 6.45) is 4.00. The van der Waals surface area contributed by atoms with Crippen molar-refractivity contribution in [3.05, 3.63) is 58.1 Å². The summed E-state index contributed by atoms with van der Waals surface area (Å²) in [4.78, 5) is 48.7. The normalized spacial score (nSPS) is 20.8. The van der Waals surface area contributed by atoms with Crippen molar-refractivity contribution in [1.29, 1.82) is 0 Å². The van der Waals surface area contributed by atoms with Crippen molar-refractivity contribution in [2.45, 2.75) is 121 Å². The number of nitrogens with two attached hydrogens (primary N) is 1. The number of likely N-dealkylation sites (tertiary alicyclic amines) is 3. The van der Waals surface area contributed by atoms with Crippen LogP contribution in [0.2, 0.25) is 5.02 Å². The summed E-state index contributed by atoms with van der Waals surface area (Å²) in [5.74, 6) is -0.454. The first kappa shape index (κ1) is 42.8. The maximum absolute atomic E-state index is 14.2. The minimum atomic E-state index is -4.77. The maximum Gasteiger partial charge on any atom is 0.418 e. The van der Waals surface area contributed by atoms with Crippen molar-refractivity contribution in [3.8, 4) is 0 Å². The third-order valence-corrected chi connectivity index (χ3v) is 12.4. The topological polar surface area (TPSA) is 121 Å². The molecule has 15 heteroatoms. The third kappa shape index (κ3) is 11.1. The van der Waals surface area contributed by atoms with E-state index in [1.54, 1.807) is 4.90 Å². The summed E-state index contributed by atoms with van der Waals surface area (Å²) in [6.45, 7) is 6.63. The molecule has 2 aromatic carbocycles. The number of halogens is 4. The molecule has 3 saturated heterocycles. The van der Waals surface area contributed by atoms with E-state index in [1.807, 2.05) is 29.2 Å². The van der Waals surface area contributed by atoms with Crippen LogP contribution in [0.5, 0.6) is 0 Å². The molecule has 0 saturated carbocycles. The van der Waals surface area contributed by atoms with Gasteiger partial charge in [0, 0.05) is 69.6 Å². The number of rotatable bonds is 13. The number of piperidine rings is 3. The van der Waals surface area contributed by atoms with Gasteiger partial charge in [0.15, 0.2) is 6.10 Å². The molecule has 0 spiro atoms. The second-order valence-electron chi connectivity index (χ2n) is 15.9. The summed E-state index contributed by atoms with van der Waals surface area (Å²) in [6, 6.07) is 10.2. The van der Waals surface area contributed by atoms with E-state index in [1.165, 1.54) is 30.2 Å². The summed E-state index contributed by atoms with van der Waals surface area (Å²) < 4.78 is 53.8. The predicted octanol–water partition coefficient (Wildman–Crippen LogP) is 7.99. The number of carbonyl (C=O) groups excluding carboxylic acids is 3. The van der Waals surface area contributed by atoms with Crippen molar-refractivity contribution >= 4 is 41.0 Å². The van der Waals surface area contributed by atoms with Gasteiger partial charge in [0.25, 0.3) is 5.91 Å². The Bertz CT molecular complexity index is 1680. The summed E-state index contributed by atoms with van der Waals surface area (Å²) in [7, 11) is 0. The molecule has 4 amide bonds. The number of nitrogens with one attached hydrogen (secondary N) is 1. The largest absolute Gasteiger partial charge is 0.436 e. The van der Waals surface area contributed by atoms with E-state index in [-0.39, 0.29) is 48.2 Å². The van der Waals surface area contributed by atoms with Crippen LogP contribution in [-0.4, -0.2) is 114 Å². The van der Waals surface area contributed by atoms with Crippen molar-refractivity contribution in [1.82, 2.24) is 19.6 Å². The molecular weight excluding hydrogens is 761 g/mol. The maximum atomic E-state index is 14.2. The molecule has 11 nitrogen and oxygen atoms in total. The monoisotopic (exact) mass is 818 g/mol. The average Bonchev–Trinajstić information content (AvgIpc) is 3.37. The fourth-order valence-electron chi connectivity index (χ4n) is 8.87. The number of anilines is 2. The van der Waals surface area contributed by atoms with Gasteiger partial charge in [-0.2, -0.15) is 13.2 Å². The Hall–Kier alpha value is -3.75. The van der Waals surface area contributed by atoms with E-state index in [4.69, 9.17) is 26.8 Å². The van der Waals surface area contributed by atoms with Crippen LogP contribution in [0.25, 0.3) is 0 Å². The minimum Gasteiger partial charge on any atom is -0.436 e. The van der Waals surface area contributed by atoms with Gasteiger partial charge < -0.3 is 35.2 Å². The number of ether oxygens (including phenoxy) is 2. The van der Waals surface area contributed by atoms with Gasteiger partial charge in [0.05, 0.1) is 22.9 Å². The van der Waals surface area contributed by atoms with Crippen LogP contribution < -0.4 is 11.1 Å². The Kier molecular flexibility index (Phi) is 14.9. The molecular formula is C42H58ClF3N6O5. The zero-order valence-corrected chi connectivity index (χ0v) is 33.8. The molecule has 2 atom stereocenters. The highest BCUT2D eigenvalue weighted by Crippen LogP contribution is 2.38. The first-order chi connectivity index (χ1) is 27.4. The van der Waals surface area contributed by atoms with E-state index >= 15 is 0 Å².